The van der Waals surface area contributed by atoms with Crippen LogP contribution in [0.1, 0.15) is 32.6 Å². The lowest BCUT2D eigenvalue weighted by Crippen LogP contribution is -2.11. The summed E-state index contributed by atoms with van der Waals surface area (Å²) in [6, 6.07) is 0. The monoisotopic (exact) mass is 173 g/mol. The largest absolute Gasteiger partial charge is 0.511 e. The van der Waals surface area contributed by atoms with Gasteiger partial charge in [0.05, 0.1) is 6.61 Å². The van der Waals surface area contributed by atoms with Crippen LogP contribution in [-0.4, -0.2) is 23.4 Å². The zero-order chi connectivity index (χ0) is 9.23. The quantitative estimate of drug-likeness (QED) is 0.404. The first-order valence-corrected chi connectivity index (χ1v) is 4.53. The first kappa shape index (κ1) is 11.3. The van der Waals surface area contributed by atoms with E-state index in [2.05, 4.69) is 12.2 Å². The average Bonchev–Trinajstić information content (AvgIpc) is 2.06. The number of nitrogens with one attached hydrogen (secondary N) is 1. The van der Waals surface area contributed by atoms with Crippen molar-refractivity contribution in [3.63, 3.8) is 0 Å². The molecule has 12 heavy (non-hydrogen) atoms. The smallest absolute Gasteiger partial charge is 0.108 e. The molecule has 0 unspecified atom stereocenters. The van der Waals surface area contributed by atoms with Gasteiger partial charge in [-0.1, -0.05) is 19.8 Å². The molecule has 0 atom stereocenters. The maximum Gasteiger partial charge on any atom is 0.108 e. The fraction of sp³-hybridized carbons (Fsp3) is 0.778. The molecular formula is C9H19NO2. The van der Waals surface area contributed by atoms with Gasteiger partial charge >= 0.3 is 0 Å². The molecule has 72 valence electrons. The highest BCUT2D eigenvalue weighted by molar-refractivity contribution is 4.88. The van der Waals surface area contributed by atoms with Crippen molar-refractivity contribution in [1.82, 2.24) is 5.32 Å². The zero-order valence-electron chi connectivity index (χ0n) is 7.71. The SMILES string of the molecule is CCCCC/C(O)=C/NCCO. The second-order valence-corrected chi connectivity index (χ2v) is 2.77. The van der Waals surface area contributed by atoms with Crippen LogP contribution in [0.3, 0.4) is 0 Å². The molecule has 3 nitrogen and oxygen atoms in total. The summed E-state index contributed by atoms with van der Waals surface area (Å²) in [5.74, 6) is 0.372. The number of aliphatic hydroxyl groups is 2. The van der Waals surface area contributed by atoms with Crippen LogP contribution >= 0.6 is 0 Å². The van der Waals surface area contributed by atoms with Gasteiger partial charge in [-0.25, -0.2) is 0 Å². The summed E-state index contributed by atoms with van der Waals surface area (Å²) in [5.41, 5.74) is 0. The first-order chi connectivity index (χ1) is 5.81. The normalized spacial score (nSPS) is 11.7. The van der Waals surface area contributed by atoms with Crippen LogP contribution in [-0.2, 0) is 0 Å². The first-order valence-electron chi connectivity index (χ1n) is 4.53. The minimum atomic E-state index is 0.0960. The van der Waals surface area contributed by atoms with Gasteiger partial charge in [-0.15, -0.1) is 0 Å². The van der Waals surface area contributed by atoms with Crippen molar-refractivity contribution >= 4 is 0 Å². The molecule has 0 aliphatic heterocycles. The third kappa shape index (κ3) is 7.41. The van der Waals surface area contributed by atoms with Gasteiger partial charge in [0.1, 0.15) is 5.76 Å². The average molecular weight is 173 g/mol. The van der Waals surface area contributed by atoms with Crippen LogP contribution < -0.4 is 5.32 Å². The molecular weight excluding hydrogens is 154 g/mol. The van der Waals surface area contributed by atoms with E-state index >= 15 is 0 Å². The van der Waals surface area contributed by atoms with Gasteiger partial charge in [-0.05, 0) is 6.42 Å². The minimum Gasteiger partial charge on any atom is -0.511 e. The fourth-order valence-corrected chi connectivity index (χ4v) is 0.883. The second-order valence-electron chi connectivity index (χ2n) is 2.77. The Morgan fingerprint density at radius 3 is 2.75 bits per heavy atom. The summed E-state index contributed by atoms with van der Waals surface area (Å²) < 4.78 is 0. The van der Waals surface area contributed by atoms with Crippen LogP contribution in [0.2, 0.25) is 0 Å². The summed E-state index contributed by atoms with van der Waals surface area (Å²) in [6.45, 7) is 2.72. The maximum atomic E-state index is 9.22. The Hall–Kier alpha value is -0.700. The minimum absolute atomic E-state index is 0.0960. The van der Waals surface area contributed by atoms with Crippen molar-refractivity contribution in [2.24, 2.45) is 0 Å². The number of allylic oxidation sites excluding steroid dienone is 1. The summed E-state index contributed by atoms with van der Waals surface area (Å²) in [4.78, 5) is 0. The lowest BCUT2D eigenvalue weighted by molar-refractivity contribution is 0.297. The van der Waals surface area contributed by atoms with Gasteiger partial charge < -0.3 is 15.5 Å². The Morgan fingerprint density at radius 2 is 2.17 bits per heavy atom. The molecule has 0 fully saturated rings. The summed E-state index contributed by atoms with van der Waals surface area (Å²) >= 11 is 0. The van der Waals surface area contributed by atoms with Crippen LogP contribution in [0.15, 0.2) is 12.0 Å². The van der Waals surface area contributed by atoms with Crippen LogP contribution in [0, 0.1) is 0 Å². The molecule has 0 aromatic carbocycles. The van der Waals surface area contributed by atoms with Crippen molar-refractivity contribution in [3.8, 4) is 0 Å². The molecule has 0 saturated carbocycles. The Labute approximate surface area is 74.1 Å². The molecule has 0 aromatic heterocycles. The lowest BCUT2D eigenvalue weighted by Gasteiger charge is -2.00. The number of aliphatic hydroxyl groups excluding tert-OH is 2. The van der Waals surface area contributed by atoms with E-state index in [1.54, 1.807) is 6.20 Å². The van der Waals surface area contributed by atoms with E-state index in [1.165, 1.54) is 0 Å². The standard InChI is InChI=1S/C9H19NO2/c1-2-3-4-5-9(12)8-10-6-7-11/h8,10-12H,2-7H2,1H3/b9-8-. The molecule has 0 rings (SSSR count). The number of hydrogen-bond acceptors (Lipinski definition) is 3. The number of hydrogen-bond donors (Lipinski definition) is 3. The van der Waals surface area contributed by atoms with E-state index in [4.69, 9.17) is 5.11 Å². The van der Waals surface area contributed by atoms with Crippen molar-refractivity contribution in [2.45, 2.75) is 32.6 Å². The van der Waals surface area contributed by atoms with Crippen LogP contribution in [0.5, 0.6) is 0 Å². The molecule has 0 spiro atoms. The summed E-state index contributed by atoms with van der Waals surface area (Å²) in [5, 5.41) is 20.4. The molecule has 3 N–H and O–H groups in total. The van der Waals surface area contributed by atoms with E-state index < -0.39 is 0 Å². The second kappa shape index (κ2) is 8.40. The highest BCUT2D eigenvalue weighted by atomic mass is 16.3. The predicted molar refractivity (Wildman–Crippen MR) is 49.9 cm³/mol. The highest BCUT2D eigenvalue weighted by Crippen LogP contribution is 2.04. The third-order valence-corrected chi connectivity index (χ3v) is 1.56. The van der Waals surface area contributed by atoms with Crippen molar-refractivity contribution in [2.75, 3.05) is 13.2 Å². The predicted octanol–water partition coefficient (Wildman–Crippen LogP) is 1.55. The Morgan fingerprint density at radius 1 is 1.42 bits per heavy atom. The van der Waals surface area contributed by atoms with E-state index in [-0.39, 0.29) is 6.61 Å². The van der Waals surface area contributed by atoms with Crippen molar-refractivity contribution in [1.29, 1.82) is 0 Å². The van der Waals surface area contributed by atoms with Gasteiger partial charge in [0, 0.05) is 19.2 Å². The summed E-state index contributed by atoms with van der Waals surface area (Å²) in [6.07, 6.45) is 5.63. The molecule has 0 radical (unpaired) electrons. The molecule has 0 amide bonds. The van der Waals surface area contributed by atoms with Gasteiger partial charge in [0.15, 0.2) is 0 Å². The van der Waals surface area contributed by atoms with Crippen molar-refractivity contribution in [3.05, 3.63) is 12.0 Å². The third-order valence-electron chi connectivity index (χ3n) is 1.56. The molecule has 3 heteroatoms. The topological polar surface area (TPSA) is 52.5 Å². The van der Waals surface area contributed by atoms with E-state index in [1.807, 2.05) is 0 Å². The Kier molecular flexibility index (Phi) is 7.91. The molecule has 0 heterocycles. The van der Waals surface area contributed by atoms with Crippen LogP contribution in [0.4, 0.5) is 0 Å². The Balaban J connectivity index is 3.29. The fourth-order valence-electron chi connectivity index (χ4n) is 0.883. The van der Waals surface area contributed by atoms with E-state index in [0.717, 1.165) is 25.7 Å². The zero-order valence-corrected chi connectivity index (χ0v) is 7.71. The summed E-state index contributed by atoms with van der Waals surface area (Å²) in [7, 11) is 0. The number of rotatable bonds is 7. The molecule has 0 aromatic rings. The lowest BCUT2D eigenvalue weighted by atomic mass is 10.2. The maximum absolute atomic E-state index is 9.22. The molecule has 0 saturated heterocycles. The Bertz CT molecular complexity index is 124. The molecule has 0 aliphatic carbocycles. The molecule has 0 bridgehead atoms. The van der Waals surface area contributed by atoms with Gasteiger partial charge in [-0.2, -0.15) is 0 Å². The highest BCUT2D eigenvalue weighted by Gasteiger charge is 1.91. The van der Waals surface area contributed by atoms with E-state index in [9.17, 15) is 5.11 Å². The van der Waals surface area contributed by atoms with Crippen molar-refractivity contribution < 1.29 is 10.2 Å². The van der Waals surface area contributed by atoms with Crippen LogP contribution in [0.25, 0.3) is 0 Å². The van der Waals surface area contributed by atoms with E-state index in [0.29, 0.717) is 12.3 Å². The molecule has 0 aliphatic rings. The van der Waals surface area contributed by atoms with Gasteiger partial charge in [-0.3, -0.25) is 0 Å². The van der Waals surface area contributed by atoms with Gasteiger partial charge in [0.2, 0.25) is 0 Å². The van der Waals surface area contributed by atoms with Gasteiger partial charge in [0.25, 0.3) is 0 Å². The number of unbranched alkanes of at least 4 members (excludes halogenated alkanes) is 2.